The second-order valence-electron chi connectivity index (χ2n) is 10.5. The van der Waals surface area contributed by atoms with Crippen molar-refractivity contribution in [2.24, 2.45) is 5.41 Å². The topological polar surface area (TPSA) is 44.8 Å². The average Bonchev–Trinajstić information content (AvgIpc) is 3.26. The number of rotatable bonds is 10. The van der Waals surface area contributed by atoms with Crippen molar-refractivity contribution in [3.8, 4) is 0 Å². The minimum absolute atomic E-state index is 0.0439. The third-order valence-corrected chi connectivity index (χ3v) is 7.33. The molecule has 2 aliphatic rings. The van der Waals surface area contributed by atoms with Gasteiger partial charge in [-0.15, -0.1) is 11.3 Å². The smallest absolute Gasteiger partial charge is 0.261 e. The molecule has 2 fully saturated rings. The van der Waals surface area contributed by atoms with Gasteiger partial charge in [-0.1, -0.05) is 33.3 Å². The number of carbonyl (C=O) groups excluding carboxylic acids is 1. The van der Waals surface area contributed by atoms with Crippen LogP contribution in [0.3, 0.4) is 0 Å². The van der Waals surface area contributed by atoms with Gasteiger partial charge in [0.1, 0.15) is 0 Å². The van der Waals surface area contributed by atoms with E-state index >= 15 is 0 Å². The van der Waals surface area contributed by atoms with Crippen molar-refractivity contribution in [3.05, 3.63) is 28.0 Å². The van der Waals surface area contributed by atoms with Crippen LogP contribution >= 0.6 is 11.3 Å². The zero-order valence-electron chi connectivity index (χ0n) is 20.4. The van der Waals surface area contributed by atoms with E-state index in [0.29, 0.717) is 6.61 Å². The minimum Gasteiger partial charge on any atom is -0.377 e. The maximum Gasteiger partial charge on any atom is 0.261 e. The van der Waals surface area contributed by atoms with Crippen LogP contribution in [0.2, 0.25) is 0 Å². The van der Waals surface area contributed by atoms with E-state index in [1.807, 2.05) is 24.3 Å². The molecule has 0 saturated carbocycles. The van der Waals surface area contributed by atoms with Crippen LogP contribution in [0.15, 0.2) is 18.2 Å². The van der Waals surface area contributed by atoms with Gasteiger partial charge in [0, 0.05) is 17.5 Å². The Bertz CT molecular complexity index is 711. The van der Waals surface area contributed by atoms with Crippen LogP contribution in [-0.2, 0) is 4.74 Å². The van der Waals surface area contributed by atoms with Gasteiger partial charge in [-0.2, -0.15) is 0 Å². The Morgan fingerprint density at radius 1 is 1.16 bits per heavy atom. The Morgan fingerprint density at radius 3 is 2.62 bits per heavy atom. The van der Waals surface area contributed by atoms with Gasteiger partial charge < -0.3 is 19.9 Å². The lowest BCUT2D eigenvalue weighted by Gasteiger charge is -2.40. The van der Waals surface area contributed by atoms with Crippen molar-refractivity contribution < 1.29 is 9.53 Å². The number of hydrogen-bond donors (Lipinski definition) is 1. The zero-order valence-corrected chi connectivity index (χ0v) is 21.2. The van der Waals surface area contributed by atoms with Crippen LogP contribution < -0.4 is 5.32 Å². The monoisotopic (exact) mass is 461 g/mol. The molecule has 0 unspecified atom stereocenters. The van der Waals surface area contributed by atoms with E-state index in [1.165, 1.54) is 69.6 Å². The zero-order chi connectivity index (χ0) is 22.8. The lowest BCUT2D eigenvalue weighted by molar-refractivity contribution is 0.0904. The molecule has 0 radical (unpaired) electrons. The van der Waals surface area contributed by atoms with Crippen LogP contribution in [0.5, 0.6) is 0 Å². The number of nitrogens with zero attached hydrogens (tertiary/aromatic N) is 2. The normalized spacial score (nSPS) is 19.6. The summed E-state index contributed by atoms with van der Waals surface area (Å²) in [6, 6.07) is 4.73. The van der Waals surface area contributed by atoms with Gasteiger partial charge in [0.2, 0.25) is 0 Å². The second-order valence-corrected chi connectivity index (χ2v) is 11.6. The van der Waals surface area contributed by atoms with E-state index in [4.69, 9.17) is 4.74 Å². The Balaban J connectivity index is 1.27. The summed E-state index contributed by atoms with van der Waals surface area (Å²) in [6.45, 7) is 14.7. The SMILES string of the molecule is CC(C)(C)COC/C=C/c1ccc(C(=O)NCCCN2CCC(N3CCCCC3)CC2)s1. The Hall–Kier alpha value is -1.21. The van der Waals surface area contributed by atoms with Gasteiger partial charge in [0.25, 0.3) is 5.91 Å². The van der Waals surface area contributed by atoms with Gasteiger partial charge in [-0.25, -0.2) is 0 Å². The summed E-state index contributed by atoms with van der Waals surface area (Å²) < 4.78 is 5.66. The van der Waals surface area contributed by atoms with Crippen molar-refractivity contribution >= 4 is 23.3 Å². The highest BCUT2D eigenvalue weighted by atomic mass is 32.1. The number of carbonyl (C=O) groups is 1. The van der Waals surface area contributed by atoms with Gasteiger partial charge in [0.05, 0.1) is 18.1 Å². The van der Waals surface area contributed by atoms with Gasteiger partial charge >= 0.3 is 0 Å². The quantitative estimate of drug-likeness (QED) is 0.504. The molecule has 0 aromatic carbocycles. The molecule has 5 nitrogen and oxygen atoms in total. The first-order chi connectivity index (χ1) is 15.4. The number of nitrogens with one attached hydrogen (secondary N) is 1. The van der Waals surface area contributed by atoms with Crippen LogP contribution in [0.25, 0.3) is 6.08 Å². The predicted molar refractivity (Wildman–Crippen MR) is 135 cm³/mol. The van der Waals surface area contributed by atoms with E-state index in [0.717, 1.165) is 41.9 Å². The first kappa shape index (κ1) is 25.4. The molecular weight excluding hydrogens is 418 g/mol. The molecule has 32 heavy (non-hydrogen) atoms. The Kier molecular flexibility index (Phi) is 10.2. The summed E-state index contributed by atoms with van der Waals surface area (Å²) in [5, 5.41) is 3.09. The molecule has 180 valence electrons. The van der Waals surface area contributed by atoms with Crippen molar-refractivity contribution in [2.45, 2.75) is 65.3 Å². The molecule has 6 heteroatoms. The first-order valence-corrected chi connectivity index (χ1v) is 13.3. The van der Waals surface area contributed by atoms with Gasteiger partial charge in [0.15, 0.2) is 0 Å². The summed E-state index contributed by atoms with van der Waals surface area (Å²) >= 11 is 1.53. The van der Waals surface area contributed by atoms with E-state index in [2.05, 4.69) is 35.9 Å². The van der Waals surface area contributed by atoms with E-state index in [1.54, 1.807) is 0 Å². The number of piperidine rings is 2. The fraction of sp³-hybridized carbons (Fsp3) is 0.731. The first-order valence-electron chi connectivity index (χ1n) is 12.5. The number of thiophene rings is 1. The van der Waals surface area contributed by atoms with Crippen molar-refractivity contribution in [3.63, 3.8) is 0 Å². The molecule has 1 amide bonds. The van der Waals surface area contributed by atoms with Crippen LogP contribution in [-0.4, -0.2) is 74.2 Å². The van der Waals surface area contributed by atoms with Crippen molar-refractivity contribution in [1.29, 1.82) is 0 Å². The highest BCUT2D eigenvalue weighted by Crippen LogP contribution is 2.21. The molecule has 2 aliphatic heterocycles. The third kappa shape index (κ3) is 8.97. The van der Waals surface area contributed by atoms with Gasteiger partial charge in [-0.05, 0) is 88.5 Å². The average molecular weight is 462 g/mol. The van der Waals surface area contributed by atoms with Crippen molar-refractivity contribution in [1.82, 2.24) is 15.1 Å². The molecule has 0 spiro atoms. The van der Waals surface area contributed by atoms with Crippen molar-refractivity contribution in [2.75, 3.05) is 52.5 Å². The molecule has 0 atom stereocenters. The summed E-state index contributed by atoms with van der Waals surface area (Å²) in [5.74, 6) is 0.0439. The highest BCUT2D eigenvalue weighted by molar-refractivity contribution is 7.14. The molecule has 2 saturated heterocycles. The molecule has 3 rings (SSSR count). The molecule has 3 heterocycles. The van der Waals surface area contributed by atoms with Gasteiger partial charge in [-0.3, -0.25) is 4.79 Å². The minimum atomic E-state index is 0.0439. The fourth-order valence-corrected chi connectivity index (χ4v) is 5.40. The molecular formula is C26H43N3O2S. The molecule has 1 aromatic rings. The molecule has 1 N–H and O–H groups in total. The van der Waals surface area contributed by atoms with Crippen LogP contribution in [0.1, 0.15) is 73.8 Å². The Labute approximate surface area is 199 Å². The highest BCUT2D eigenvalue weighted by Gasteiger charge is 2.25. The largest absolute Gasteiger partial charge is 0.377 e. The van der Waals surface area contributed by atoms with E-state index in [-0.39, 0.29) is 11.3 Å². The molecule has 0 aliphatic carbocycles. The second kappa shape index (κ2) is 12.9. The number of likely N-dealkylation sites (tertiary alicyclic amines) is 2. The third-order valence-electron chi connectivity index (χ3n) is 6.28. The fourth-order valence-electron chi connectivity index (χ4n) is 4.55. The predicted octanol–water partition coefficient (Wildman–Crippen LogP) is 4.89. The lowest BCUT2D eigenvalue weighted by atomic mass is 9.99. The van der Waals surface area contributed by atoms with Crippen LogP contribution in [0, 0.1) is 5.41 Å². The molecule has 0 bridgehead atoms. The maximum atomic E-state index is 12.4. The summed E-state index contributed by atoms with van der Waals surface area (Å²) in [5.41, 5.74) is 0.186. The van der Waals surface area contributed by atoms with E-state index < -0.39 is 0 Å². The summed E-state index contributed by atoms with van der Waals surface area (Å²) in [6.07, 6.45) is 11.9. The number of hydrogen-bond acceptors (Lipinski definition) is 5. The summed E-state index contributed by atoms with van der Waals surface area (Å²) in [7, 11) is 0. The Morgan fingerprint density at radius 2 is 1.91 bits per heavy atom. The number of amides is 1. The summed E-state index contributed by atoms with van der Waals surface area (Å²) in [4.78, 5) is 19.6. The lowest BCUT2D eigenvalue weighted by Crippen LogP contribution is -2.47. The molecule has 1 aromatic heterocycles. The standard InChI is InChI=1S/C26H43N3O2S/c1-26(2,3)21-31-20-7-9-23-10-11-24(32-23)25(30)27-14-8-15-28-18-12-22(13-19-28)29-16-5-4-6-17-29/h7,9-11,22H,4-6,8,12-21H2,1-3H3,(H,27,30)/b9-7+. The number of ether oxygens (including phenoxy) is 1. The van der Waals surface area contributed by atoms with E-state index in [9.17, 15) is 4.79 Å². The maximum absolute atomic E-state index is 12.4. The van der Waals surface area contributed by atoms with Crippen LogP contribution in [0.4, 0.5) is 0 Å².